The Kier molecular flexibility index (Phi) is 4.96. The molecule has 142 valence electrons. The number of carbonyl (C=O) groups is 2. The highest BCUT2D eigenvalue weighted by Gasteiger charge is 2.22. The molecule has 0 fully saturated rings. The molecule has 0 bridgehead atoms. The molecule has 0 saturated heterocycles. The van der Waals surface area contributed by atoms with E-state index in [0.717, 1.165) is 24.8 Å². The number of amides is 1. The maximum absolute atomic E-state index is 13.1. The van der Waals surface area contributed by atoms with Gasteiger partial charge in [0.1, 0.15) is 16.4 Å². The first-order valence-electron chi connectivity index (χ1n) is 9.07. The van der Waals surface area contributed by atoms with Gasteiger partial charge in [-0.25, -0.2) is 9.18 Å². The number of hydrogen-bond donors (Lipinski definition) is 2. The Morgan fingerprint density at radius 2 is 1.71 bits per heavy atom. The van der Waals surface area contributed by atoms with Crippen LogP contribution in [0.5, 0.6) is 0 Å². The zero-order valence-electron chi connectivity index (χ0n) is 15.0. The van der Waals surface area contributed by atoms with Crippen molar-refractivity contribution in [3.05, 3.63) is 75.9 Å². The lowest BCUT2D eigenvalue weighted by molar-refractivity contribution is 0.0699. The van der Waals surface area contributed by atoms with Crippen molar-refractivity contribution in [2.24, 2.45) is 0 Å². The number of hydrogen-bond acceptors (Lipinski definition) is 3. The van der Waals surface area contributed by atoms with Crippen LogP contribution in [-0.2, 0) is 12.8 Å². The number of benzene rings is 2. The maximum atomic E-state index is 13.1. The minimum absolute atomic E-state index is 0.0798. The molecular weight excluding hydrogens is 377 g/mol. The molecule has 1 amide bonds. The van der Waals surface area contributed by atoms with Crippen molar-refractivity contribution in [2.45, 2.75) is 25.7 Å². The van der Waals surface area contributed by atoms with Gasteiger partial charge >= 0.3 is 5.97 Å². The fourth-order valence-corrected chi connectivity index (χ4v) is 4.51. The number of carbonyl (C=O) groups excluding carboxylic acids is 1. The molecule has 2 N–H and O–H groups in total. The molecule has 0 unspecified atom stereocenters. The number of anilines is 1. The van der Waals surface area contributed by atoms with Gasteiger partial charge in [0, 0.05) is 16.5 Å². The van der Waals surface area contributed by atoms with Crippen molar-refractivity contribution in [1.29, 1.82) is 0 Å². The zero-order chi connectivity index (χ0) is 19.7. The summed E-state index contributed by atoms with van der Waals surface area (Å²) in [5, 5.41) is 14.4. The predicted molar refractivity (Wildman–Crippen MR) is 108 cm³/mol. The number of thiophene rings is 1. The lowest BCUT2D eigenvalue weighted by atomic mass is 9.89. The van der Waals surface area contributed by atoms with Crippen LogP contribution >= 0.6 is 11.3 Å². The molecule has 0 radical (unpaired) electrons. The van der Waals surface area contributed by atoms with Crippen LogP contribution in [0.15, 0.2) is 47.8 Å². The molecule has 1 aromatic heterocycles. The largest absolute Gasteiger partial charge is 0.478 e. The van der Waals surface area contributed by atoms with Gasteiger partial charge in [-0.05, 0) is 66.6 Å². The minimum Gasteiger partial charge on any atom is -0.478 e. The van der Waals surface area contributed by atoms with E-state index in [1.807, 2.05) is 6.07 Å². The third-order valence-corrected chi connectivity index (χ3v) is 5.89. The number of nitrogens with one attached hydrogen (secondary N) is 1. The van der Waals surface area contributed by atoms with Crippen LogP contribution in [0.1, 0.15) is 44.7 Å². The quantitative estimate of drug-likeness (QED) is 0.623. The molecule has 1 aliphatic carbocycles. The van der Waals surface area contributed by atoms with Crippen molar-refractivity contribution >= 4 is 28.2 Å². The molecule has 6 heteroatoms. The van der Waals surface area contributed by atoms with Gasteiger partial charge in [-0.2, -0.15) is 0 Å². The van der Waals surface area contributed by atoms with Crippen molar-refractivity contribution < 1.29 is 19.1 Å². The van der Waals surface area contributed by atoms with E-state index >= 15 is 0 Å². The second kappa shape index (κ2) is 7.56. The van der Waals surface area contributed by atoms with Crippen molar-refractivity contribution in [1.82, 2.24) is 0 Å². The molecule has 28 heavy (non-hydrogen) atoms. The standard InChI is InChI=1S/C22H18FNO3S/c23-17-9-7-14(8-10-17)20(25)24-21-19(22(26)27)18(12-28-21)16-6-5-13-3-1-2-4-15(13)11-16/h5-12H,1-4H2,(H,24,25)(H,26,27). The molecule has 2 aromatic carbocycles. The summed E-state index contributed by atoms with van der Waals surface area (Å²) in [6, 6.07) is 11.2. The first-order valence-corrected chi connectivity index (χ1v) is 9.95. The summed E-state index contributed by atoms with van der Waals surface area (Å²) < 4.78 is 13.1. The van der Waals surface area contributed by atoms with Crippen LogP contribution < -0.4 is 5.32 Å². The van der Waals surface area contributed by atoms with Crippen LogP contribution in [-0.4, -0.2) is 17.0 Å². The monoisotopic (exact) mass is 395 g/mol. The Morgan fingerprint density at radius 1 is 1.00 bits per heavy atom. The van der Waals surface area contributed by atoms with Crippen LogP contribution in [0.25, 0.3) is 11.1 Å². The molecule has 3 aromatic rings. The number of carboxylic acids is 1. The molecule has 1 heterocycles. The predicted octanol–water partition coefficient (Wildman–Crippen LogP) is 5.38. The first kappa shape index (κ1) is 18.4. The lowest BCUT2D eigenvalue weighted by Gasteiger charge is -2.16. The Labute approximate surface area is 165 Å². The molecule has 0 spiro atoms. The van der Waals surface area contributed by atoms with E-state index < -0.39 is 17.7 Å². The van der Waals surface area contributed by atoms with Gasteiger partial charge in [0.15, 0.2) is 0 Å². The highest BCUT2D eigenvalue weighted by atomic mass is 32.1. The summed E-state index contributed by atoms with van der Waals surface area (Å²) in [6.45, 7) is 0. The smallest absolute Gasteiger partial charge is 0.339 e. The SMILES string of the molecule is O=C(Nc1scc(-c2ccc3c(c2)CCCC3)c1C(=O)O)c1ccc(F)cc1. The van der Waals surface area contributed by atoms with Gasteiger partial charge < -0.3 is 10.4 Å². The molecule has 0 saturated carbocycles. The average Bonchev–Trinajstić information content (AvgIpc) is 3.12. The van der Waals surface area contributed by atoms with E-state index in [-0.39, 0.29) is 16.1 Å². The molecular formula is C22H18FNO3S. The van der Waals surface area contributed by atoms with Gasteiger partial charge in [0.25, 0.3) is 5.91 Å². The third kappa shape index (κ3) is 3.55. The Bertz CT molecular complexity index is 1060. The molecule has 1 aliphatic rings. The van der Waals surface area contributed by atoms with E-state index in [9.17, 15) is 19.1 Å². The van der Waals surface area contributed by atoms with Gasteiger partial charge in [0.05, 0.1) is 0 Å². The Balaban J connectivity index is 1.67. The highest BCUT2D eigenvalue weighted by Crippen LogP contribution is 2.37. The summed E-state index contributed by atoms with van der Waals surface area (Å²) in [5.74, 6) is -2.00. The number of aryl methyl sites for hydroxylation is 2. The van der Waals surface area contributed by atoms with Gasteiger partial charge in [-0.15, -0.1) is 11.3 Å². The van der Waals surface area contributed by atoms with E-state index in [1.54, 1.807) is 5.38 Å². The van der Waals surface area contributed by atoms with Crippen molar-refractivity contribution in [3.8, 4) is 11.1 Å². The van der Waals surface area contributed by atoms with Gasteiger partial charge in [-0.1, -0.05) is 18.2 Å². The number of fused-ring (bicyclic) bond motifs is 1. The number of carboxylic acid groups (broad SMARTS) is 1. The number of aromatic carboxylic acids is 1. The van der Waals surface area contributed by atoms with Crippen LogP contribution in [0.4, 0.5) is 9.39 Å². The second-order valence-electron chi connectivity index (χ2n) is 6.81. The van der Waals surface area contributed by atoms with E-state index in [2.05, 4.69) is 17.4 Å². The normalized spacial score (nSPS) is 13.0. The zero-order valence-corrected chi connectivity index (χ0v) is 15.8. The van der Waals surface area contributed by atoms with E-state index in [0.29, 0.717) is 5.56 Å². The Morgan fingerprint density at radius 3 is 2.43 bits per heavy atom. The molecule has 4 rings (SSSR count). The van der Waals surface area contributed by atoms with E-state index in [4.69, 9.17) is 0 Å². The topological polar surface area (TPSA) is 66.4 Å². The summed E-state index contributed by atoms with van der Waals surface area (Å²) in [4.78, 5) is 24.4. The minimum atomic E-state index is -1.09. The van der Waals surface area contributed by atoms with Crippen LogP contribution in [0.2, 0.25) is 0 Å². The molecule has 0 atom stereocenters. The summed E-state index contributed by atoms with van der Waals surface area (Å²) in [6.07, 6.45) is 4.39. The molecule has 4 nitrogen and oxygen atoms in total. The van der Waals surface area contributed by atoms with Crippen LogP contribution in [0, 0.1) is 5.82 Å². The average molecular weight is 395 g/mol. The van der Waals surface area contributed by atoms with Crippen molar-refractivity contribution in [3.63, 3.8) is 0 Å². The fourth-order valence-electron chi connectivity index (χ4n) is 3.55. The summed E-state index contributed by atoms with van der Waals surface area (Å²) in [7, 11) is 0. The summed E-state index contributed by atoms with van der Waals surface area (Å²) >= 11 is 1.18. The molecule has 0 aliphatic heterocycles. The maximum Gasteiger partial charge on any atom is 0.339 e. The van der Waals surface area contributed by atoms with Gasteiger partial charge in [0.2, 0.25) is 0 Å². The highest BCUT2D eigenvalue weighted by molar-refractivity contribution is 7.15. The first-order chi connectivity index (χ1) is 13.5. The van der Waals surface area contributed by atoms with Crippen LogP contribution in [0.3, 0.4) is 0 Å². The van der Waals surface area contributed by atoms with Crippen molar-refractivity contribution in [2.75, 3.05) is 5.32 Å². The fraction of sp³-hybridized carbons (Fsp3) is 0.182. The van der Waals surface area contributed by atoms with E-state index in [1.165, 1.54) is 53.1 Å². The second-order valence-corrected chi connectivity index (χ2v) is 7.69. The van der Waals surface area contributed by atoms with Gasteiger partial charge in [-0.3, -0.25) is 4.79 Å². The number of rotatable bonds is 4. The Hall–Kier alpha value is -2.99. The third-order valence-electron chi connectivity index (χ3n) is 5.00. The lowest BCUT2D eigenvalue weighted by Crippen LogP contribution is -2.13. The summed E-state index contributed by atoms with van der Waals surface area (Å²) in [5.41, 5.74) is 4.38. The number of halogens is 1.